The van der Waals surface area contributed by atoms with Crippen molar-refractivity contribution in [2.24, 2.45) is 5.92 Å². The van der Waals surface area contributed by atoms with Gasteiger partial charge in [-0.2, -0.15) is 0 Å². The minimum Gasteiger partial charge on any atom is -0.466 e. The van der Waals surface area contributed by atoms with Crippen molar-refractivity contribution in [1.29, 1.82) is 0 Å². The number of hydrogen-bond donors (Lipinski definition) is 0. The average Bonchev–Trinajstić information content (AvgIpc) is 3.03. The van der Waals surface area contributed by atoms with Crippen LogP contribution >= 0.6 is 0 Å². The highest BCUT2D eigenvalue weighted by atomic mass is 16.5. The van der Waals surface area contributed by atoms with Crippen molar-refractivity contribution in [3.63, 3.8) is 0 Å². The standard InChI is InChI=1S/C18H21N3O4/c1-3-24-18(23)13-7-6-10-21(11-13)17(22)15-12(2)25-20-16(15)14-8-4-5-9-19-14/h4-5,8-9,13H,3,6-7,10-11H2,1-2H3. The molecular weight excluding hydrogens is 322 g/mol. The minimum atomic E-state index is -0.281. The molecule has 1 atom stereocenters. The number of rotatable bonds is 4. The number of aryl methyl sites for hydroxylation is 1. The number of esters is 1. The van der Waals surface area contributed by atoms with Gasteiger partial charge in [-0.1, -0.05) is 11.2 Å². The predicted octanol–water partition coefficient (Wildman–Crippen LogP) is 2.46. The molecule has 0 aliphatic carbocycles. The summed E-state index contributed by atoms with van der Waals surface area (Å²) in [6.07, 6.45) is 3.14. The zero-order chi connectivity index (χ0) is 17.8. The van der Waals surface area contributed by atoms with Gasteiger partial charge in [-0.3, -0.25) is 14.6 Å². The van der Waals surface area contributed by atoms with Gasteiger partial charge < -0.3 is 14.2 Å². The number of piperidine rings is 1. The number of carbonyl (C=O) groups is 2. The molecule has 7 nitrogen and oxygen atoms in total. The van der Waals surface area contributed by atoms with E-state index in [-0.39, 0.29) is 17.8 Å². The maximum absolute atomic E-state index is 13.0. The highest BCUT2D eigenvalue weighted by molar-refractivity contribution is 6.00. The first kappa shape index (κ1) is 17.1. The quantitative estimate of drug-likeness (QED) is 0.793. The Morgan fingerprint density at radius 2 is 2.24 bits per heavy atom. The second-order valence-electron chi connectivity index (χ2n) is 6.02. The third kappa shape index (κ3) is 3.55. The Labute approximate surface area is 146 Å². The Hall–Kier alpha value is -2.70. The van der Waals surface area contributed by atoms with Crippen molar-refractivity contribution in [3.05, 3.63) is 35.7 Å². The maximum Gasteiger partial charge on any atom is 0.310 e. The molecule has 1 unspecified atom stereocenters. The number of likely N-dealkylation sites (tertiary alicyclic amines) is 1. The van der Waals surface area contributed by atoms with Gasteiger partial charge in [0.05, 0.1) is 18.2 Å². The molecule has 3 rings (SSSR count). The van der Waals surface area contributed by atoms with Crippen LogP contribution in [0.15, 0.2) is 28.9 Å². The Kier molecular flexibility index (Phi) is 5.11. The second-order valence-corrected chi connectivity index (χ2v) is 6.02. The zero-order valence-electron chi connectivity index (χ0n) is 14.4. The molecule has 3 heterocycles. The van der Waals surface area contributed by atoms with Gasteiger partial charge in [0.2, 0.25) is 0 Å². The molecule has 1 aliphatic rings. The summed E-state index contributed by atoms with van der Waals surface area (Å²) in [5, 5.41) is 4.01. The van der Waals surface area contributed by atoms with Crippen LogP contribution in [0.1, 0.15) is 35.9 Å². The van der Waals surface area contributed by atoms with Crippen molar-refractivity contribution in [2.45, 2.75) is 26.7 Å². The Morgan fingerprint density at radius 3 is 2.96 bits per heavy atom. The van der Waals surface area contributed by atoms with E-state index in [0.717, 1.165) is 12.8 Å². The fourth-order valence-electron chi connectivity index (χ4n) is 3.07. The van der Waals surface area contributed by atoms with Gasteiger partial charge in [-0.15, -0.1) is 0 Å². The third-order valence-corrected chi connectivity index (χ3v) is 4.31. The average molecular weight is 343 g/mol. The highest BCUT2D eigenvalue weighted by Crippen LogP contribution is 2.27. The van der Waals surface area contributed by atoms with Crippen LogP contribution in [0.3, 0.4) is 0 Å². The lowest BCUT2D eigenvalue weighted by Crippen LogP contribution is -2.43. The number of hydrogen-bond acceptors (Lipinski definition) is 6. The van der Waals surface area contributed by atoms with Crippen LogP contribution < -0.4 is 0 Å². The normalized spacial score (nSPS) is 17.4. The second kappa shape index (κ2) is 7.46. The van der Waals surface area contributed by atoms with Crippen LogP contribution in [0.2, 0.25) is 0 Å². The maximum atomic E-state index is 13.0. The molecule has 1 aliphatic heterocycles. The van der Waals surface area contributed by atoms with Gasteiger partial charge in [-0.05, 0) is 38.8 Å². The van der Waals surface area contributed by atoms with Gasteiger partial charge in [-0.25, -0.2) is 0 Å². The number of pyridine rings is 1. The van der Waals surface area contributed by atoms with Gasteiger partial charge in [0.15, 0.2) is 0 Å². The molecule has 132 valence electrons. The summed E-state index contributed by atoms with van der Waals surface area (Å²) < 4.78 is 10.3. The summed E-state index contributed by atoms with van der Waals surface area (Å²) in [5.41, 5.74) is 1.42. The number of nitrogens with zero attached hydrogens (tertiary/aromatic N) is 3. The molecule has 1 fully saturated rings. The van der Waals surface area contributed by atoms with E-state index in [1.165, 1.54) is 0 Å². The van der Waals surface area contributed by atoms with Crippen LogP contribution in [-0.2, 0) is 9.53 Å². The molecule has 0 bridgehead atoms. The van der Waals surface area contributed by atoms with Crippen LogP contribution in [0, 0.1) is 12.8 Å². The van der Waals surface area contributed by atoms with E-state index in [4.69, 9.17) is 9.26 Å². The van der Waals surface area contributed by atoms with E-state index in [1.54, 1.807) is 37.1 Å². The van der Waals surface area contributed by atoms with E-state index < -0.39 is 0 Å². The molecule has 2 aromatic rings. The van der Waals surface area contributed by atoms with Crippen LogP contribution in [0.5, 0.6) is 0 Å². The molecule has 0 spiro atoms. The summed E-state index contributed by atoms with van der Waals surface area (Å²) in [5.74, 6) is -0.264. The van der Waals surface area contributed by atoms with E-state index in [2.05, 4.69) is 10.1 Å². The lowest BCUT2D eigenvalue weighted by molar-refractivity contribution is -0.149. The van der Waals surface area contributed by atoms with Gasteiger partial charge in [0.25, 0.3) is 5.91 Å². The summed E-state index contributed by atoms with van der Waals surface area (Å²) in [7, 11) is 0. The summed E-state index contributed by atoms with van der Waals surface area (Å²) in [6, 6.07) is 5.41. The first-order valence-electron chi connectivity index (χ1n) is 8.45. The molecule has 0 saturated carbocycles. The molecule has 2 aromatic heterocycles. The zero-order valence-corrected chi connectivity index (χ0v) is 14.4. The number of carbonyl (C=O) groups excluding carboxylic acids is 2. The van der Waals surface area contributed by atoms with Crippen LogP contribution in [-0.4, -0.2) is 46.6 Å². The molecule has 25 heavy (non-hydrogen) atoms. The van der Waals surface area contributed by atoms with Crippen LogP contribution in [0.4, 0.5) is 0 Å². The van der Waals surface area contributed by atoms with Crippen molar-refractivity contribution in [3.8, 4) is 11.4 Å². The topological polar surface area (TPSA) is 85.5 Å². The first-order valence-corrected chi connectivity index (χ1v) is 8.45. The Balaban J connectivity index is 1.84. The van der Waals surface area contributed by atoms with E-state index in [1.807, 2.05) is 6.07 Å². The van der Waals surface area contributed by atoms with E-state index >= 15 is 0 Å². The van der Waals surface area contributed by atoms with Crippen molar-refractivity contribution in [2.75, 3.05) is 19.7 Å². The summed E-state index contributed by atoms with van der Waals surface area (Å²) in [4.78, 5) is 31.0. The smallest absolute Gasteiger partial charge is 0.310 e. The summed E-state index contributed by atoms with van der Waals surface area (Å²) in [6.45, 7) is 4.78. The molecular formula is C18H21N3O4. The summed E-state index contributed by atoms with van der Waals surface area (Å²) >= 11 is 0. The third-order valence-electron chi connectivity index (χ3n) is 4.31. The molecule has 7 heteroatoms. The van der Waals surface area contributed by atoms with Crippen LogP contribution in [0.25, 0.3) is 11.4 Å². The number of ether oxygens (including phenoxy) is 1. The lowest BCUT2D eigenvalue weighted by Gasteiger charge is -2.31. The number of amides is 1. The van der Waals surface area contributed by atoms with Crippen molar-refractivity contribution < 1.29 is 18.8 Å². The molecule has 0 N–H and O–H groups in total. The lowest BCUT2D eigenvalue weighted by atomic mass is 9.97. The van der Waals surface area contributed by atoms with Gasteiger partial charge >= 0.3 is 5.97 Å². The molecule has 1 saturated heterocycles. The largest absolute Gasteiger partial charge is 0.466 e. The van der Waals surface area contributed by atoms with Gasteiger partial charge in [0.1, 0.15) is 17.0 Å². The Morgan fingerprint density at radius 1 is 1.40 bits per heavy atom. The predicted molar refractivity (Wildman–Crippen MR) is 89.7 cm³/mol. The van der Waals surface area contributed by atoms with Crippen molar-refractivity contribution in [1.82, 2.24) is 15.0 Å². The minimum absolute atomic E-state index is 0.187. The Bertz CT molecular complexity index is 757. The SMILES string of the molecule is CCOC(=O)C1CCCN(C(=O)c2c(-c3ccccn3)noc2C)C1. The van der Waals surface area contributed by atoms with Gasteiger partial charge in [0, 0.05) is 19.3 Å². The molecule has 0 aromatic carbocycles. The van der Waals surface area contributed by atoms with E-state index in [9.17, 15) is 9.59 Å². The first-order chi connectivity index (χ1) is 12.1. The molecule has 0 radical (unpaired) electrons. The van der Waals surface area contributed by atoms with Crippen molar-refractivity contribution >= 4 is 11.9 Å². The number of aromatic nitrogens is 2. The fraction of sp³-hybridized carbons (Fsp3) is 0.444. The molecule has 1 amide bonds. The fourth-order valence-corrected chi connectivity index (χ4v) is 3.07. The monoisotopic (exact) mass is 343 g/mol. The highest BCUT2D eigenvalue weighted by Gasteiger charge is 2.33. The van der Waals surface area contributed by atoms with E-state index in [0.29, 0.717) is 42.4 Å².